The highest BCUT2D eigenvalue weighted by molar-refractivity contribution is 5.97. The van der Waals surface area contributed by atoms with E-state index in [4.69, 9.17) is 10.1 Å². The van der Waals surface area contributed by atoms with E-state index in [0.29, 0.717) is 5.56 Å². The van der Waals surface area contributed by atoms with Crippen molar-refractivity contribution in [2.75, 3.05) is 0 Å². The molecular formula is C26H21N5. The smallest absolute Gasteiger partial charge is 0.163 e. The van der Waals surface area contributed by atoms with E-state index in [2.05, 4.69) is 37.0 Å². The molecule has 3 heterocycles. The fraction of sp³-hybridized carbons (Fsp3) is 0.154. The molecule has 0 saturated carbocycles. The number of aryl methyl sites for hydroxylation is 1. The monoisotopic (exact) mass is 403 g/mol. The van der Waals surface area contributed by atoms with E-state index < -0.39 is 0 Å². The van der Waals surface area contributed by atoms with Crippen LogP contribution in [0.25, 0.3) is 38.8 Å². The number of para-hydroxylation sites is 1. The summed E-state index contributed by atoms with van der Waals surface area (Å²) in [6.45, 7) is 6.29. The minimum absolute atomic E-state index is 0.221. The topological polar surface area (TPSA) is 67.4 Å². The Labute approximate surface area is 180 Å². The van der Waals surface area contributed by atoms with Crippen molar-refractivity contribution < 1.29 is 0 Å². The van der Waals surface area contributed by atoms with Gasteiger partial charge in [0.2, 0.25) is 0 Å². The number of fused-ring (bicyclic) bond motifs is 2. The second-order valence-corrected chi connectivity index (χ2v) is 8.04. The Morgan fingerprint density at radius 1 is 1.00 bits per heavy atom. The summed E-state index contributed by atoms with van der Waals surface area (Å²) in [5.74, 6) is 0.221. The van der Waals surface area contributed by atoms with Crippen LogP contribution in [-0.2, 0) is 0 Å². The van der Waals surface area contributed by atoms with Crippen molar-refractivity contribution in [1.82, 2.24) is 19.7 Å². The Hall–Kier alpha value is -4.04. The number of nitrogens with zero attached hydrogens (tertiary/aromatic N) is 5. The van der Waals surface area contributed by atoms with Crippen LogP contribution >= 0.6 is 0 Å². The zero-order valence-corrected chi connectivity index (χ0v) is 17.7. The van der Waals surface area contributed by atoms with Crippen LogP contribution in [0, 0.1) is 18.3 Å². The molecule has 5 heteroatoms. The second-order valence-electron chi connectivity index (χ2n) is 8.04. The van der Waals surface area contributed by atoms with E-state index in [0.717, 1.165) is 50.0 Å². The predicted molar refractivity (Wildman–Crippen MR) is 123 cm³/mol. The van der Waals surface area contributed by atoms with Crippen molar-refractivity contribution in [3.8, 4) is 22.9 Å². The van der Waals surface area contributed by atoms with Crippen molar-refractivity contribution in [3.63, 3.8) is 0 Å². The lowest BCUT2D eigenvalue weighted by Crippen LogP contribution is -2.01. The first-order valence-corrected chi connectivity index (χ1v) is 10.3. The number of aromatic nitrogens is 4. The third-order valence-corrected chi connectivity index (χ3v) is 5.60. The van der Waals surface area contributed by atoms with Crippen LogP contribution in [0.15, 0.2) is 67.0 Å². The van der Waals surface area contributed by atoms with E-state index in [1.54, 1.807) is 0 Å². The number of hydrogen-bond donors (Lipinski definition) is 0. The minimum Gasteiger partial charge on any atom is -0.256 e. The first-order valence-electron chi connectivity index (χ1n) is 10.3. The fourth-order valence-electron chi connectivity index (χ4n) is 4.06. The van der Waals surface area contributed by atoms with Gasteiger partial charge in [0.25, 0.3) is 0 Å². The van der Waals surface area contributed by atoms with Gasteiger partial charge in [0, 0.05) is 23.3 Å². The molecule has 150 valence electrons. The molecule has 2 aromatic carbocycles. The molecular weight excluding hydrogens is 382 g/mol. The molecule has 5 aromatic rings. The number of pyridine rings is 2. The Balaban J connectivity index is 1.79. The first kappa shape index (κ1) is 19.0. The van der Waals surface area contributed by atoms with Crippen molar-refractivity contribution in [3.05, 3.63) is 83.8 Å². The molecule has 0 aliphatic heterocycles. The summed E-state index contributed by atoms with van der Waals surface area (Å²) in [5.41, 5.74) is 7.45. The molecule has 0 saturated heterocycles. The quantitative estimate of drug-likeness (QED) is 0.374. The molecule has 0 bridgehead atoms. The highest BCUT2D eigenvalue weighted by atomic mass is 15.3. The first-order chi connectivity index (χ1) is 15.1. The van der Waals surface area contributed by atoms with Crippen LogP contribution in [-0.4, -0.2) is 19.7 Å². The predicted octanol–water partition coefficient (Wildman–Crippen LogP) is 5.94. The SMILES string of the molecule is Cc1cc(C#N)ccc1-n1nc(C(C)C)c2c(-c3cnc4ccccc4c3)ccnc21. The van der Waals surface area contributed by atoms with E-state index in [1.807, 2.05) is 66.5 Å². The maximum absolute atomic E-state index is 9.22. The molecule has 0 aliphatic carbocycles. The number of nitriles is 1. The standard InChI is InChI=1S/C26H21N5/c1-16(2)25-24-21(20-13-19-6-4-5-7-22(19)29-15-20)10-11-28-26(24)31(30-25)23-9-8-18(14-27)12-17(23)3/h4-13,15-16H,1-3H3. The summed E-state index contributed by atoms with van der Waals surface area (Å²) in [4.78, 5) is 9.37. The van der Waals surface area contributed by atoms with Gasteiger partial charge in [0.05, 0.1) is 33.9 Å². The fourth-order valence-corrected chi connectivity index (χ4v) is 4.06. The largest absolute Gasteiger partial charge is 0.256 e. The van der Waals surface area contributed by atoms with Gasteiger partial charge >= 0.3 is 0 Å². The number of rotatable bonds is 3. The lowest BCUT2D eigenvalue weighted by molar-refractivity contribution is 0.774. The van der Waals surface area contributed by atoms with Crippen molar-refractivity contribution in [1.29, 1.82) is 5.26 Å². The van der Waals surface area contributed by atoms with Gasteiger partial charge in [-0.2, -0.15) is 10.4 Å². The average molecular weight is 403 g/mol. The number of benzene rings is 2. The lowest BCUT2D eigenvalue weighted by atomic mass is 9.98. The molecule has 5 rings (SSSR count). The maximum atomic E-state index is 9.22. The van der Waals surface area contributed by atoms with Crippen LogP contribution in [0.3, 0.4) is 0 Å². The maximum Gasteiger partial charge on any atom is 0.163 e. The van der Waals surface area contributed by atoms with Gasteiger partial charge in [0.1, 0.15) is 0 Å². The Morgan fingerprint density at radius 3 is 2.61 bits per heavy atom. The Morgan fingerprint density at radius 2 is 1.84 bits per heavy atom. The summed E-state index contributed by atoms with van der Waals surface area (Å²) in [6.07, 6.45) is 3.75. The van der Waals surface area contributed by atoms with Gasteiger partial charge in [-0.1, -0.05) is 32.0 Å². The van der Waals surface area contributed by atoms with Crippen LogP contribution in [0.2, 0.25) is 0 Å². The minimum atomic E-state index is 0.221. The van der Waals surface area contributed by atoms with Crippen LogP contribution in [0.5, 0.6) is 0 Å². The highest BCUT2D eigenvalue weighted by Gasteiger charge is 2.20. The second kappa shape index (κ2) is 7.33. The van der Waals surface area contributed by atoms with Crippen LogP contribution in [0.1, 0.15) is 36.6 Å². The summed E-state index contributed by atoms with van der Waals surface area (Å²) in [5, 5.41) is 16.3. The van der Waals surface area contributed by atoms with E-state index in [9.17, 15) is 5.26 Å². The van der Waals surface area contributed by atoms with Crippen LogP contribution < -0.4 is 0 Å². The number of hydrogen-bond acceptors (Lipinski definition) is 4. The Bertz CT molecular complexity index is 1490. The molecule has 0 atom stereocenters. The van der Waals surface area contributed by atoms with Crippen LogP contribution in [0.4, 0.5) is 0 Å². The molecule has 0 N–H and O–H groups in total. The zero-order valence-electron chi connectivity index (χ0n) is 17.7. The van der Waals surface area contributed by atoms with Crippen molar-refractivity contribution >= 4 is 21.9 Å². The summed E-state index contributed by atoms with van der Waals surface area (Å²) < 4.78 is 1.90. The molecule has 0 aliphatic rings. The van der Waals surface area contributed by atoms with E-state index >= 15 is 0 Å². The average Bonchev–Trinajstić information content (AvgIpc) is 3.18. The normalized spacial score (nSPS) is 11.3. The van der Waals surface area contributed by atoms with Gasteiger partial charge in [-0.05, 0) is 60.4 Å². The summed E-state index contributed by atoms with van der Waals surface area (Å²) >= 11 is 0. The van der Waals surface area contributed by atoms with Crippen molar-refractivity contribution in [2.24, 2.45) is 0 Å². The molecule has 5 nitrogen and oxygen atoms in total. The zero-order chi connectivity index (χ0) is 21.5. The third-order valence-electron chi connectivity index (χ3n) is 5.60. The molecule has 0 spiro atoms. The van der Waals surface area contributed by atoms with Gasteiger partial charge < -0.3 is 0 Å². The van der Waals surface area contributed by atoms with Crippen molar-refractivity contribution in [2.45, 2.75) is 26.7 Å². The van der Waals surface area contributed by atoms with Gasteiger partial charge in [-0.25, -0.2) is 9.67 Å². The van der Waals surface area contributed by atoms with E-state index in [-0.39, 0.29) is 5.92 Å². The molecule has 0 fully saturated rings. The molecule has 31 heavy (non-hydrogen) atoms. The van der Waals surface area contributed by atoms with Gasteiger partial charge in [-0.15, -0.1) is 0 Å². The molecule has 3 aromatic heterocycles. The summed E-state index contributed by atoms with van der Waals surface area (Å²) in [7, 11) is 0. The summed E-state index contributed by atoms with van der Waals surface area (Å²) in [6, 6.07) is 20.2. The van der Waals surface area contributed by atoms with Gasteiger partial charge in [0.15, 0.2) is 5.65 Å². The molecule has 0 radical (unpaired) electrons. The molecule has 0 amide bonds. The Kier molecular flexibility index (Phi) is 4.48. The van der Waals surface area contributed by atoms with E-state index in [1.165, 1.54) is 0 Å². The third kappa shape index (κ3) is 3.13. The highest BCUT2D eigenvalue weighted by Crippen LogP contribution is 2.35. The lowest BCUT2D eigenvalue weighted by Gasteiger charge is -2.08. The van der Waals surface area contributed by atoms with Gasteiger partial charge in [-0.3, -0.25) is 4.98 Å². The molecule has 0 unspecified atom stereocenters.